The Bertz CT molecular complexity index is 438. The minimum atomic E-state index is 0.0832. The molecule has 1 aromatic rings. The second-order valence-electron chi connectivity index (χ2n) is 7.13. The molecule has 0 unspecified atom stereocenters. The molecule has 0 N–H and O–H groups in total. The van der Waals surface area contributed by atoms with Gasteiger partial charge >= 0.3 is 0 Å². The van der Waals surface area contributed by atoms with Gasteiger partial charge in [0.25, 0.3) is 0 Å². The maximum absolute atomic E-state index is 12.1. The monoisotopic (exact) mass is 293 g/mol. The predicted octanol–water partition coefficient (Wildman–Crippen LogP) is 4.91. The summed E-state index contributed by atoms with van der Waals surface area (Å²) >= 11 is 1.63. The minimum Gasteiger partial charge on any atom is -0.299 e. The van der Waals surface area contributed by atoms with Crippen LogP contribution in [0, 0.1) is 5.92 Å². The van der Waals surface area contributed by atoms with Crippen molar-refractivity contribution in [3.05, 3.63) is 16.1 Å². The Hall–Kier alpha value is -0.700. The first-order valence-electron chi connectivity index (χ1n) is 7.92. The van der Waals surface area contributed by atoms with Crippen molar-refractivity contribution in [2.24, 2.45) is 5.92 Å². The fourth-order valence-corrected chi connectivity index (χ4v) is 3.88. The Labute approximate surface area is 127 Å². The molecule has 1 aromatic heterocycles. The normalized spacial score (nSPS) is 17.4. The third-order valence-corrected chi connectivity index (χ3v) is 5.07. The SMILES string of the molecule is CC(C)(C)c1csc(CC(=O)CCC2CCCCC2)n1. The standard InChI is InChI=1S/C17H27NOS/c1-17(2,3)15-12-20-16(18-15)11-14(19)10-9-13-7-5-4-6-8-13/h12-13H,4-11H2,1-3H3. The van der Waals surface area contributed by atoms with Gasteiger partial charge in [0.15, 0.2) is 0 Å². The Morgan fingerprint density at radius 3 is 2.60 bits per heavy atom. The number of hydrogen-bond donors (Lipinski definition) is 0. The highest BCUT2D eigenvalue weighted by atomic mass is 32.1. The number of Topliss-reactive ketones (excluding diaryl/α,β-unsaturated/α-hetero) is 1. The van der Waals surface area contributed by atoms with Crippen LogP contribution in [0.25, 0.3) is 0 Å². The van der Waals surface area contributed by atoms with Crippen LogP contribution in [0.15, 0.2) is 5.38 Å². The summed E-state index contributed by atoms with van der Waals surface area (Å²) in [7, 11) is 0. The van der Waals surface area contributed by atoms with Gasteiger partial charge in [-0.05, 0) is 12.3 Å². The van der Waals surface area contributed by atoms with Crippen LogP contribution in [0.2, 0.25) is 0 Å². The van der Waals surface area contributed by atoms with Crippen molar-refractivity contribution in [1.29, 1.82) is 0 Å². The molecule has 0 aromatic carbocycles. The van der Waals surface area contributed by atoms with E-state index in [4.69, 9.17) is 0 Å². The summed E-state index contributed by atoms with van der Waals surface area (Å²) in [6.45, 7) is 6.49. The topological polar surface area (TPSA) is 30.0 Å². The van der Waals surface area contributed by atoms with Crippen molar-refractivity contribution in [2.75, 3.05) is 0 Å². The average molecular weight is 293 g/mol. The molecule has 0 amide bonds. The zero-order valence-electron chi connectivity index (χ0n) is 13.1. The number of aromatic nitrogens is 1. The van der Waals surface area contributed by atoms with Crippen molar-refractivity contribution < 1.29 is 4.79 Å². The number of carbonyl (C=O) groups is 1. The molecule has 2 nitrogen and oxygen atoms in total. The summed E-state index contributed by atoms with van der Waals surface area (Å²) in [5, 5.41) is 3.09. The molecule has 0 aliphatic heterocycles. The number of ketones is 1. The molecule has 0 radical (unpaired) electrons. The summed E-state index contributed by atoms with van der Waals surface area (Å²) in [5.41, 5.74) is 1.19. The average Bonchev–Trinajstić information content (AvgIpc) is 2.86. The summed E-state index contributed by atoms with van der Waals surface area (Å²) < 4.78 is 0. The lowest BCUT2D eigenvalue weighted by Crippen LogP contribution is -2.12. The maximum atomic E-state index is 12.1. The lowest BCUT2D eigenvalue weighted by Gasteiger charge is -2.20. The molecule has 0 saturated heterocycles. The molecule has 0 spiro atoms. The second kappa shape index (κ2) is 6.84. The van der Waals surface area contributed by atoms with E-state index < -0.39 is 0 Å². The van der Waals surface area contributed by atoms with Gasteiger partial charge in [-0.25, -0.2) is 4.98 Å². The van der Waals surface area contributed by atoms with E-state index in [9.17, 15) is 4.79 Å². The first-order chi connectivity index (χ1) is 9.45. The number of hydrogen-bond acceptors (Lipinski definition) is 3. The zero-order valence-corrected chi connectivity index (χ0v) is 13.9. The maximum Gasteiger partial charge on any atom is 0.139 e. The quantitative estimate of drug-likeness (QED) is 0.772. The van der Waals surface area contributed by atoms with E-state index >= 15 is 0 Å². The van der Waals surface area contributed by atoms with Gasteiger partial charge in [0.1, 0.15) is 10.8 Å². The van der Waals surface area contributed by atoms with Crippen LogP contribution in [0.3, 0.4) is 0 Å². The number of nitrogens with zero attached hydrogens (tertiary/aromatic N) is 1. The van der Waals surface area contributed by atoms with Crippen LogP contribution in [0.1, 0.15) is 76.4 Å². The van der Waals surface area contributed by atoms with Crippen molar-refractivity contribution >= 4 is 17.1 Å². The van der Waals surface area contributed by atoms with Crippen LogP contribution < -0.4 is 0 Å². The highest BCUT2D eigenvalue weighted by Gasteiger charge is 2.19. The Balaban J connectivity index is 1.77. The first-order valence-corrected chi connectivity index (χ1v) is 8.79. The predicted molar refractivity (Wildman–Crippen MR) is 85.3 cm³/mol. The highest BCUT2D eigenvalue weighted by molar-refractivity contribution is 7.09. The third-order valence-electron chi connectivity index (χ3n) is 4.22. The van der Waals surface area contributed by atoms with Gasteiger partial charge in [0, 0.05) is 17.2 Å². The van der Waals surface area contributed by atoms with E-state index in [0.717, 1.165) is 29.5 Å². The summed E-state index contributed by atoms with van der Waals surface area (Å²) in [6.07, 6.45) is 9.15. The van der Waals surface area contributed by atoms with Crippen LogP contribution >= 0.6 is 11.3 Å². The highest BCUT2D eigenvalue weighted by Crippen LogP contribution is 2.28. The smallest absolute Gasteiger partial charge is 0.139 e. The van der Waals surface area contributed by atoms with E-state index in [2.05, 4.69) is 31.1 Å². The Morgan fingerprint density at radius 2 is 2.00 bits per heavy atom. The number of rotatable bonds is 5. The van der Waals surface area contributed by atoms with Gasteiger partial charge in [-0.1, -0.05) is 52.9 Å². The zero-order chi connectivity index (χ0) is 14.6. The molecular formula is C17H27NOS. The van der Waals surface area contributed by atoms with Gasteiger partial charge in [0.2, 0.25) is 0 Å². The molecule has 0 atom stereocenters. The van der Waals surface area contributed by atoms with E-state index in [0.29, 0.717) is 12.2 Å². The van der Waals surface area contributed by atoms with Gasteiger partial charge in [0.05, 0.1) is 12.1 Å². The van der Waals surface area contributed by atoms with Crippen molar-refractivity contribution in [3.63, 3.8) is 0 Å². The Kier molecular flexibility index (Phi) is 5.36. The minimum absolute atomic E-state index is 0.0832. The van der Waals surface area contributed by atoms with E-state index in [1.165, 1.54) is 32.1 Å². The summed E-state index contributed by atoms with van der Waals surface area (Å²) in [5.74, 6) is 1.17. The van der Waals surface area contributed by atoms with Crippen molar-refractivity contribution in [1.82, 2.24) is 4.98 Å². The van der Waals surface area contributed by atoms with Gasteiger partial charge in [-0.15, -0.1) is 11.3 Å². The number of carbonyl (C=O) groups excluding carboxylic acids is 1. The fourth-order valence-electron chi connectivity index (χ4n) is 2.83. The second-order valence-corrected chi connectivity index (χ2v) is 8.08. The van der Waals surface area contributed by atoms with Gasteiger partial charge in [-0.3, -0.25) is 4.79 Å². The largest absolute Gasteiger partial charge is 0.299 e. The van der Waals surface area contributed by atoms with E-state index in [1.54, 1.807) is 11.3 Å². The molecule has 1 heterocycles. The summed E-state index contributed by atoms with van der Waals surface area (Å²) in [6, 6.07) is 0. The molecule has 1 saturated carbocycles. The van der Waals surface area contributed by atoms with Crippen LogP contribution in [-0.2, 0) is 16.6 Å². The lowest BCUT2D eigenvalue weighted by molar-refractivity contribution is -0.118. The van der Waals surface area contributed by atoms with Crippen LogP contribution in [0.4, 0.5) is 0 Å². The van der Waals surface area contributed by atoms with Crippen LogP contribution in [-0.4, -0.2) is 10.8 Å². The van der Waals surface area contributed by atoms with Crippen LogP contribution in [0.5, 0.6) is 0 Å². The number of thiazole rings is 1. The van der Waals surface area contributed by atoms with E-state index in [-0.39, 0.29) is 5.41 Å². The summed E-state index contributed by atoms with van der Waals surface area (Å²) in [4.78, 5) is 16.7. The molecule has 1 aliphatic carbocycles. The molecule has 112 valence electrons. The van der Waals surface area contributed by atoms with Crippen molar-refractivity contribution in [2.45, 2.75) is 77.6 Å². The van der Waals surface area contributed by atoms with Gasteiger partial charge < -0.3 is 0 Å². The third kappa shape index (κ3) is 4.69. The molecule has 0 bridgehead atoms. The molecule has 20 heavy (non-hydrogen) atoms. The van der Waals surface area contributed by atoms with Gasteiger partial charge in [-0.2, -0.15) is 0 Å². The molecule has 1 aliphatic rings. The lowest BCUT2D eigenvalue weighted by atomic mass is 9.85. The molecular weight excluding hydrogens is 266 g/mol. The fraction of sp³-hybridized carbons (Fsp3) is 0.765. The van der Waals surface area contributed by atoms with Crippen molar-refractivity contribution in [3.8, 4) is 0 Å². The first kappa shape index (κ1) is 15.7. The molecule has 3 heteroatoms. The Morgan fingerprint density at radius 1 is 1.30 bits per heavy atom. The molecule has 2 rings (SSSR count). The van der Waals surface area contributed by atoms with E-state index in [1.807, 2.05) is 0 Å². The molecule has 1 fully saturated rings.